The van der Waals surface area contributed by atoms with Gasteiger partial charge in [0.1, 0.15) is 0 Å². The van der Waals surface area contributed by atoms with Crippen molar-refractivity contribution < 1.29 is 9.90 Å². The van der Waals surface area contributed by atoms with Gasteiger partial charge in [0.15, 0.2) is 0 Å². The van der Waals surface area contributed by atoms with Crippen LogP contribution in [0.4, 0.5) is 0 Å². The minimum absolute atomic E-state index is 0.244. The molecule has 3 saturated carbocycles. The van der Waals surface area contributed by atoms with Gasteiger partial charge < -0.3 is 5.11 Å². The fraction of sp³-hybridized carbons (Fsp3) is 0.917. The Balaban J connectivity index is 2.13. The lowest BCUT2D eigenvalue weighted by atomic mass is 9.45. The van der Waals surface area contributed by atoms with Crippen molar-refractivity contribution in [2.45, 2.75) is 44.8 Å². The Kier molecular flexibility index (Phi) is 2.57. The molecule has 0 spiro atoms. The number of hydrogen-bond donors (Lipinski definition) is 1. The molecule has 3 unspecified atom stereocenters. The quantitative estimate of drug-likeness (QED) is 0.806. The van der Waals surface area contributed by atoms with Crippen molar-refractivity contribution in [2.24, 2.45) is 17.3 Å². The van der Waals surface area contributed by atoms with Gasteiger partial charge in [0.05, 0.1) is 5.75 Å². The summed E-state index contributed by atoms with van der Waals surface area (Å²) >= 11 is 1.69. The molecule has 0 saturated heterocycles. The van der Waals surface area contributed by atoms with Crippen LogP contribution in [0, 0.1) is 17.3 Å². The number of thioether (sulfide) groups is 1. The summed E-state index contributed by atoms with van der Waals surface area (Å²) < 4.78 is 0.244. The van der Waals surface area contributed by atoms with Crippen molar-refractivity contribution in [2.75, 3.05) is 5.75 Å². The van der Waals surface area contributed by atoms with Gasteiger partial charge in [0.25, 0.3) is 0 Å². The predicted molar refractivity (Wildman–Crippen MR) is 63.1 cm³/mol. The minimum Gasteiger partial charge on any atom is -0.481 e. The molecule has 0 aromatic carbocycles. The maximum absolute atomic E-state index is 10.7. The standard InChI is InChI=1S/C12H20O2S/c1-8-4-5-9-6-12(8,11(9,2)3)15-7-10(13)14/h8-9H,4-7H2,1-3H3,(H,13,14). The van der Waals surface area contributed by atoms with Crippen molar-refractivity contribution in [3.8, 4) is 0 Å². The van der Waals surface area contributed by atoms with E-state index in [0.717, 1.165) is 5.92 Å². The number of hydrogen-bond acceptors (Lipinski definition) is 2. The summed E-state index contributed by atoms with van der Waals surface area (Å²) in [7, 11) is 0. The van der Waals surface area contributed by atoms with E-state index in [1.54, 1.807) is 11.8 Å². The lowest BCUT2D eigenvalue weighted by molar-refractivity contribution is -0.134. The summed E-state index contributed by atoms with van der Waals surface area (Å²) in [5, 5.41) is 8.81. The molecule has 0 aliphatic heterocycles. The summed E-state index contributed by atoms with van der Waals surface area (Å²) in [4.78, 5) is 10.7. The van der Waals surface area contributed by atoms with Crippen LogP contribution in [0.2, 0.25) is 0 Å². The summed E-state index contributed by atoms with van der Waals surface area (Å²) in [5.41, 5.74) is 0.338. The van der Waals surface area contributed by atoms with E-state index in [4.69, 9.17) is 5.11 Å². The van der Waals surface area contributed by atoms with Crippen molar-refractivity contribution in [3.05, 3.63) is 0 Å². The SMILES string of the molecule is CC1CCC2CC1(SCC(=O)O)C2(C)C. The largest absolute Gasteiger partial charge is 0.481 e. The Bertz CT molecular complexity index is 287. The fourth-order valence-corrected chi connectivity index (χ4v) is 5.30. The predicted octanol–water partition coefficient (Wildman–Crippen LogP) is 3.02. The number of carbonyl (C=O) groups is 1. The van der Waals surface area contributed by atoms with E-state index in [0.29, 0.717) is 11.3 Å². The first-order valence-corrected chi connectivity index (χ1v) is 6.74. The van der Waals surface area contributed by atoms with E-state index in [2.05, 4.69) is 20.8 Å². The molecule has 1 N–H and O–H groups in total. The molecule has 2 nitrogen and oxygen atoms in total. The van der Waals surface area contributed by atoms with Gasteiger partial charge in [-0.2, -0.15) is 0 Å². The molecule has 3 aliphatic carbocycles. The van der Waals surface area contributed by atoms with Crippen LogP contribution in [0.3, 0.4) is 0 Å². The Morgan fingerprint density at radius 2 is 2.13 bits per heavy atom. The molecule has 3 heteroatoms. The molecule has 3 fully saturated rings. The third-order valence-electron chi connectivity index (χ3n) is 4.86. The molecule has 3 atom stereocenters. The molecular formula is C12H20O2S. The van der Waals surface area contributed by atoms with E-state index in [-0.39, 0.29) is 10.5 Å². The Labute approximate surface area is 95.8 Å². The van der Waals surface area contributed by atoms with Crippen LogP contribution in [-0.2, 0) is 4.79 Å². The van der Waals surface area contributed by atoms with Crippen molar-refractivity contribution in [1.82, 2.24) is 0 Å². The third kappa shape index (κ3) is 1.42. The molecule has 0 radical (unpaired) electrons. The smallest absolute Gasteiger partial charge is 0.313 e. The van der Waals surface area contributed by atoms with E-state index in [1.807, 2.05) is 0 Å². The summed E-state index contributed by atoms with van der Waals surface area (Å²) in [6, 6.07) is 0. The van der Waals surface area contributed by atoms with Gasteiger partial charge in [-0.15, -0.1) is 11.8 Å². The monoisotopic (exact) mass is 228 g/mol. The lowest BCUT2D eigenvalue weighted by Crippen LogP contribution is -2.65. The molecule has 0 aromatic heterocycles. The average molecular weight is 228 g/mol. The fourth-order valence-electron chi connectivity index (χ4n) is 3.66. The van der Waals surface area contributed by atoms with E-state index in [1.165, 1.54) is 19.3 Å². The van der Waals surface area contributed by atoms with Crippen molar-refractivity contribution >= 4 is 17.7 Å². The van der Waals surface area contributed by atoms with Gasteiger partial charge in [0, 0.05) is 4.75 Å². The van der Waals surface area contributed by atoms with Crippen LogP contribution < -0.4 is 0 Å². The normalized spacial score (nSPS) is 42.1. The first-order valence-electron chi connectivity index (χ1n) is 5.76. The van der Waals surface area contributed by atoms with Crippen LogP contribution in [-0.4, -0.2) is 21.6 Å². The van der Waals surface area contributed by atoms with Crippen LogP contribution in [0.15, 0.2) is 0 Å². The highest BCUT2D eigenvalue weighted by atomic mass is 32.2. The van der Waals surface area contributed by atoms with Gasteiger partial charge in [-0.25, -0.2) is 0 Å². The van der Waals surface area contributed by atoms with Crippen LogP contribution in [0.25, 0.3) is 0 Å². The van der Waals surface area contributed by atoms with E-state index < -0.39 is 5.97 Å². The molecular weight excluding hydrogens is 208 g/mol. The Hall–Kier alpha value is -0.180. The zero-order valence-corrected chi connectivity index (χ0v) is 10.6. The zero-order chi connectivity index (χ0) is 11.3. The van der Waals surface area contributed by atoms with E-state index >= 15 is 0 Å². The third-order valence-corrected chi connectivity index (χ3v) is 6.86. The molecule has 2 bridgehead atoms. The second-order valence-electron chi connectivity index (χ2n) is 5.67. The topological polar surface area (TPSA) is 37.3 Å². The Morgan fingerprint density at radius 3 is 2.60 bits per heavy atom. The number of carboxylic acids is 1. The van der Waals surface area contributed by atoms with Crippen LogP contribution in [0.1, 0.15) is 40.0 Å². The maximum Gasteiger partial charge on any atom is 0.313 e. The summed E-state index contributed by atoms with van der Waals surface area (Å²) in [5.74, 6) is 1.09. The van der Waals surface area contributed by atoms with Gasteiger partial charge in [-0.05, 0) is 36.5 Å². The molecule has 3 aliphatic rings. The average Bonchev–Trinajstić information content (AvgIpc) is 2.15. The number of fused-ring (bicyclic) bond motifs is 2. The number of rotatable bonds is 3. The molecule has 0 heterocycles. The summed E-state index contributed by atoms with van der Waals surface area (Å²) in [6.45, 7) is 6.95. The second-order valence-corrected chi connectivity index (χ2v) is 6.98. The number of carboxylic acid groups (broad SMARTS) is 1. The molecule has 15 heavy (non-hydrogen) atoms. The van der Waals surface area contributed by atoms with Crippen LogP contribution >= 0.6 is 11.8 Å². The van der Waals surface area contributed by atoms with Gasteiger partial charge in [-0.1, -0.05) is 20.8 Å². The maximum atomic E-state index is 10.7. The highest BCUT2D eigenvalue weighted by Gasteiger charge is 2.64. The van der Waals surface area contributed by atoms with Gasteiger partial charge >= 0.3 is 5.97 Å². The molecule has 3 rings (SSSR count). The number of aliphatic carboxylic acids is 1. The summed E-state index contributed by atoms with van der Waals surface area (Å²) in [6.07, 6.45) is 3.85. The highest BCUT2D eigenvalue weighted by Crippen LogP contribution is 2.69. The first kappa shape index (κ1) is 11.3. The molecule has 0 aromatic rings. The molecule has 0 amide bonds. The van der Waals surface area contributed by atoms with Crippen LogP contribution in [0.5, 0.6) is 0 Å². The zero-order valence-electron chi connectivity index (χ0n) is 9.75. The van der Waals surface area contributed by atoms with E-state index in [9.17, 15) is 4.79 Å². The highest BCUT2D eigenvalue weighted by molar-refractivity contribution is 8.01. The van der Waals surface area contributed by atoms with Crippen molar-refractivity contribution in [1.29, 1.82) is 0 Å². The Morgan fingerprint density at radius 1 is 1.47 bits per heavy atom. The first-order chi connectivity index (χ1) is 6.90. The minimum atomic E-state index is -0.675. The molecule has 86 valence electrons. The lowest BCUT2D eigenvalue weighted by Gasteiger charge is -2.68. The van der Waals surface area contributed by atoms with Crippen molar-refractivity contribution in [3.63, 3.8) is 0 Å². The second kappa shape index (κ2) is 3.41. The van der Waals surface area contributed by atoms with Gasteiger partial charge in [0.2, 0.25) is 0 Å². The van der Waals surface area contributed by atoms with Gasteiger partial charge in [-0.3, -0.25) is 4.79 Å².